The van der Waals surface area contributed by atoms with Crippen LogP contribution in [0.5, 0.6) is 0 Å². The summed E-state index contributed by atoms with van der Waals surface area (Å²) in [5, 5.41) is -0.536. The van der Waals surface area contributed by atoms with Gasteiger partial charge in [-0.2, -0.15) is 0 Å². The van der Waals surface area contributed by atoms with Crippen molar-refractivity contribution in [2.45, 2.75) is 25.8 Å². The lowest BCUT2D eigenvalue weighted by Crippen LogP contribution is -2.51. The molecule has 0 spiro atoms. The van der Waals surface area contributed by atoms with Crippen LogP contribution in [-0.2, 0) is 0 Å². The van der Waals surface area contributed by atoms with Crippen molar-refractivity contribution in [3.8, 4) is 0 Å². The molecule has 104 valence electrons. The van der Waals surface area contributed by atoms with Gasteiger partial charge in [0.2, 0.25) is 0 Å². The Balaban J connectivity index is 2.58. The van der Waals surface area contributed by atoms with Gasteiger partial charge in [0.1, 0.15) is 14.0 Å². The van der Waals surface area contributed by atoms with E-state index in [-0.39, 0.29) is 11.8 Å². The van der Waals surface area contributed by atoms with Crippen LogP contribution in [-0.4, -0.2) is 19.4 Å². The number of alkyl halides is 7. The van der Waals surface area contributed by atoms with Gasteiger partial charge in [0.15, 0.2) is 0 Å². The molecule has 18 heavy (non-hydrogen) atoms. The lowest BCUT2D eigenvalue weighted by molar-refractivity contribution is 0.268. The largest absolute Gasteiger partial charge is 0.141 e. The predicted molar refractivity (Wildman–Crippen MR) is 83.0 cm³/mol. The number of halogens is 8. The first-order valence-corrected chi connectivity index (χ1v) is 8.48. The Hall–Kier alpha value is 2.06. The zero-order valence-electron chi connectivity index (χ0n) is 8.69. The third-order valence-electron chi connectivity index (χ3n) is 4.00. The number of rotatable bonds is 2. The molecule has 0 nitrogen and oxygen atoms in total. The molecule has 0 radical (unpaired) electrons. The molecule has 2 aliphatic rings. The molecule has 3 unspecified atom stereocenters. The normalized spacial score (nSPS) is 39.2. The Labute approximate surface area is 146 Å². The van der Waals surface area contributed by atoms with Gasteiger partial charge in [0, 0.05) is 11.5 Å². The molecular formula is C10H8Cl8. The molecule has 0 aliphatic heterocycles. The van der Waals surface area contributed by atoms with E-state index in [9.17, 15) is 0 Å². The smallest absolute Gasteiger partial charge is 0.119 e. The van der Waals surface area contributed by atoms with Gasteiger partial charge >= 0.3 is 0 Å². The lowest BCUT2D eigenvalue weighted by atomic mass is 9.72. The van der Waals surface area contributed by atoms with Gasteiger partial charge in [-0.25, -0.2) is 0 Å². The maximum absolute atomic E-state index is 6.33. The maximum atomic E-state index is 6.33. The minimum absolute atomic E-state index is 0.218. The second-order valence-corrected chi connectivity index (χ2v) is 8.90. The number of fused-ring (bicyclic) bond motifs is 2. The van der Waals surface area contributed by atoms with Crippen LogP contribution in [0.4, 0.5) is 0 Å². The minimum Gasteiger partial charge on any atom is -0.119 e. The van der Waals surface area contributed by atoms with E-state index in [1.165, 1.54) is 5.54 Å². The quantitative estimate of drug-likeness (QED) is 0.479. The van der Waals surface area contributed by atoms with Crippen LogP contribution in [0, 0.1) is 17.3 Å². The molecule has 2 fully saturated rings. The summed E-state index contributed by atoms with van der Waals surface area (Å²) in [5.74, 6) is -0.463. The van der Waals surface area contributed by atoms with E-state index in [0.717, 1.165) is 0 Å². The van der Waals surface area contributed by atoms with Crippen LogP contribution in [0.2, 0.25) is 0 Å². The molecule has 2 rings (SSSR count). The van der Waals surface area contributed by atoms with E-state index in [1.807, 2.05) is 0 Å². The van der Waals surface area contributed by atoms with Gasteiger partial charge in [-0.15, -0.1) is 58.0 Å². The lowest BCUT2D eigenvalue weighted by Gasteiger charge is -2.47. The highest BCUT2D eigenvalue weighted by atomic mass is 35.5. The average molecular weight is 412 g/mol. The summed E-state index contributed by atoms with van der Waals surface area (Å²) in [7, 11) is 0. The highest BCUT2D eigenvalue weighted by Crippen LogP contribution is 2.72. The van der Waals surface area contributed by atoms with Gasteiger partial charge in [-0.1, -0.05) is 34.8 Å². The van der Waals surface area contributed by atoms with Crippen LogP contribution in [0.3, 0.4) is 0 Å². The number of hydrogen-bond acceptors (Lipinski definition) is 0. The van der Waals surface area contributed by atoms with Crippen molar-refractivity contribution in [3.05, 3.63) is 11.1 Å². The summed E-state index contributed by atoms with van der Waals surface area (Å²) in [5.41, 5.74) is 1.15. The van der Waals surface area contributed by atoms with Crippen LogP contribution in [0.25, 0.3) is 0 Å². The summed E-state index contributed by atoms with van der Waals surface area (Å²) < 4.78 is -1.11. The third kappa shape index (κ3) is 1.94. The number of allylic oxidation sites excluding steroid dienone is 1. The molecule has 0 heterocycles. The van der Waals surface area contributed by atoms with Crippen LogP contribution >= 0.6 is 92.8 Å². The summed E-state index contributed by atoms with van der Waals surface area (Å²) in [6, 6.07) is 0. The first kappa shape index (κ1) is 16.4. The van der Waals surface area contributed by atoms with E-state index in [2.05, 4.69) is 0 Å². The summed E-state index contributed by atoms with van der Waals surface area (Å²) in [6.45, 7) is 0. The van der Waals surface area contributed by atoms with E-state index < -0.39 is 24.8 Å². The molecule has 2 saturated carbocycles. The first-order valence-electron chi connectivity index (χ1n) is 5.11. The van der Waals surface area contributed by atoms with Crippen LogP contribution < -0.4 is 0 Å². The van der Waals surface area contributed by atoms with E-state index in [1.54, 1.807) is 0 Å². The SMILES string of the molecule is Cl/C=C1\C2CC(C(Cl)C2(Cl)Cl)C1(C(Cl)Cl)C(Cl)Cl. The van der Waals surface area contributed by atoms with Gasteiger partial charge < -0.3 is 0 Å². The molecule has 8 heteroatoms. The predicted octanol–water partition coefficient (Wildman–Crippen LogP) is 6.13. The topological polar surface area (TPSA) is 0 Å². The van der Waals surface area contributed by atoms with E-state index >= 15 is 0 Å². The molecular weight excluding hydrogens is 404 g/mol. The fourth-order valence-electron chi connectivity index (χ4n) is 3.12. The zero-order valence-corrected chi connectivity index (χ0v) is 14.7. The average Bonchev–Trinajstić information content (AvgIpc) is 2.72. The van der Waals surface area contributed by atoms with Crippen molar-refractivity contribution < 1.29 is 0 Å². The summed E-state index contributed by atoms with van der Waals surface area (Å²) >= 11 is 49.2. The van der Waals surface area contributed by atoms with E-state index in [4.69, 9.17) is 92.8 Å². The van der Waals surface area contributed by atoms with Crippen molar-refractivity contribution in [2.75, 3.05) is 0 Å². The van der Waals surface area contributed by atoms with Crippen LogP contribution in [0.1, 0.15) is 6.42 Å². The molecule has 0 aromatic heterocycles. The van der Waals surface area contributed by atoms with Gasteiger partial charge in [-0.3, -0.25) is 0 Å². The second kappa shape index (κ2) is 5.36. The van der Waals surface area contributed by atoms with Crippen LogP contribution in [0.15, 0.2) is 11.1 Å². The molecule has 0 N–H and O–H groups in total. The monoisotopic (exact) mass is 408 g/mol. The highest BCUT2D eigenvalue weighted by molar-refractivity contribution is 6.54. The first-order chi connectivity index (χ1) is 8.22. The highest BCUT2D eigenvalue weighted by Gasteiger charge is 2.72. The summed E-state index contributed by atoms with van der Waals surface area (Å²) in [6.07, 6.45) is 0.617. The molecule has 0 aromatic rings. The van der Waals surface area contributed by atoms with Crippen molar-refractivity contribution in [1.82, 2.24) is 0 Å². The van der Waals surface area contributed by atoms with Gasteiger partial charge in [0.05, 0.1) is 10.8 Å². The second-order valence-electron chi connectivity index (χ2n) is 4.57. The Morgan fingerprint density at radius 2 is 1.61 bits per heavy atom. The molecule has 2 aliphatic carbocycles. The Morgan fingerprint density at radius 1 is 1.11 bits per heavy atom. The standard InChI is InChI=1S/C10H8Cl8/c11-2-5-3-1-4(6(12)10(3,17)18)9(5,7(13)14)8(15)16/h2-4,6-8H,1H2/b5-2+. The maximum Gasteiger partial charge on any atom is 0.141 e. The fraction of sp³-hybridized carbons (Fsp3) is 0.800. The van der Waals surface area contributed by atoms with Crippen molar-refractivity contribution in [1.29, 1.82) is 0 Å². The Morgan fingerprint density at radius 3 is 2.00 bits per heavy atom. The molecule has 0 aromatic carbocycles. The number of hydrogen-bond donors (Lipinski definition) is 0. The van der Waals surface area contributed by atoms with Gasteiger partial charge in [0.25, 0.3) is 0 Å². The van der Waals surface area contributed by atoms with E-state index in [0.29, 0.717) is 12.0 Å². The van der Waals surface area contributed by atoms with Crippen molar-refractivity contribution in [3.63, 3.8) is 0 Å². The molecule has 0 saturated heterocycles. The third-order valence-corrected chi connectivity index (χ3v) is 7.55. The summed E-state index contributed by atoms with van der Waals surface area (Å²) in [4.78, 5) is -1.69. The Bertz CT molecular complexity index is 366. The fourth-order valence-corrected chi connectivity index (χ4v) is 6.55. The molecule has 0 amide bonds. The molecule has 3 atom stereocenters. The minimum atomic E-state index is -1.11. The molecule has 2 bridgehead atoms. The Kier molecular flexibility index (Phi) is 4.89. The zero-order chi connectivity index (χ0) is 13.9. The van der Waals surface area contributed by atoms with Gasteiger partial charge in [-0.05, 0) is 17.9 Å². The van der Waals surface area contributed by atoms with Crippen molar-refractivity contribution >= 4 is 92.8 Å². The van der Waals surface area contributed by atoms with Crippen molar-refractivity contribution in [2.24, 2.45) is 17.3 Å².